The maximum atomic E-state index is 12.9. The summed E-state index contributed by atoms with van der Waals surface area (Å²) in [5.41, 5.74) is 0.689. The number of carbonyl (C=O) groups excluding carboxylic acids is 2. The number of rotatable bonds is 7. The molecule has 6 atom stereocenters. The maximum absolute atomic E-state index is 12.9. The molecule has 9 heteroatoms. The van der Waals surface area contributed by atoms with Gasteiger partial charge in [0.1, 0.15) is 23.4 Å². The van der Waals surface area contributed by atoms with Crippen molar-refractivity contribution in [3.05, 3.63) is 11.6 Å². The van der Waals surface area contributed by atoms with E-state index in [1.165, 1.54) is 5.57 Å². The molecule has 0 aromatic rings. The second kappa shape index (κ2) is 9.65. The number of carbonyl (C=O) groups is 2. The van der Waals surface area contributed by atoms with E-state index in [1.54, 1.807) is 12.0 Å². The molecule has 0 aromatic heterocycles. The van der Waals surface area contributed by atoms with Crippen LogP contribution < -0.4 is 0 Å². The summed E-state index contributed by atoms with van der Waals surface area (Å²) in [4.78, 5) is 29.0. The Morgan fingerprint density at radius 1 is 1.14 bits per heavy atom. The summed E-state index contributed by atoms with van der Waals surface area (Å²) < 4.78 is 29.5. The molecule has 35 heavy (non-hydrogen) atoms. The summed E-state index contributed by atoms with van der Waals surface area (Å²) in [6.07, 6.45) is 4.27. The smallest absolute Gasteiger partial charge is 0.410 e. The minimum atomic E-state index is -0.351. The van der Waals surface area contributed by atoms with Gasteiger partial charge in [0.2, 0.25) is 5.91 Å². The molecule has 4 aliphatic heterocycles. The SMILES string of the molecule is CO[C@H]1C([C@@]2(C)O[C@@H]2CC=C(C)C)[C@]2(CC[C@H]1OC(=O)N1CC(CC(=O)N3CCOCC3)C1)CO2. The van der Waals surface area contributed by atoms with E-state index in [9.17, 15) is 9.59 Å². The molecule has 0 aromatic carbocycles. The Morgan fingerprint density at radius 2 is 1.86 bits per heavy atom. The first-order valence-corrected chi connectivity index (χ1v) is 13.0. The second-order valence-electron chi connectivity index (χ2n) is 11.3. The van der Waals surface area contributed by atoms with Crippen molar-refractivity contribution in [1.82, 2.24) is 9.80 Å². The molecule has 2 amide bonds. The lowest BCUT2D eigenvalue weighted by atomic mass is 9.68. The van der Waals surface area contributed by atoms with Crippen LogP contribution in [0.1, 0.15) is 46.5 Å². The fourth-order valence-corrected chi connectivity index (χ4v) is 6.31. The highest BCUT2D eigenvalue weighted by Crippen LogP contribution is 2.59. The summed E-state index contributed by atoms with van der Waals surface area (Å²) in [5.74, 6) is 0.348. The number of hydrogen-bond acceptors (Lipinski definition) is 7. The number of ether oxygens (including phenoxy) is 5. The Bertz CT molecular complexity index is 843. The van der Waals surface area contributed by atoms with E-state index >= 15 is 0 Å². The number of hydrogen-bond donors (Lipinski definition) is 0. The Labute approximate surface area is 208 Å². The zero-order valence-corrected chi connectivity index (χ0v) is 21.5. The van der Waals surface area contributed by atoms with Crippen LogP contribution in [0.5, 0.6) is 0 Å². The predicted molar refractivity (Wildman–Crippen MR) is 127 cm³/mol. The minimum Gasteiger partial charge on any atom is -0.443 e. The van der Waals surface area contributed by atoms with Crippen molar-refractivity contribution in [3.63, 3.8) is 0 Å². The van der Waals surface area contributed by atoms with Crippen LogP contribution in [0.2, 0.25) is 0 Å². The summed E-state index contributed by atoms with van der Waals surface area (Å²) in [6, 6.07) is 0. The van der Waals surface area contributed by atoms with E-state index in [1.807, 2.05) is 4.90 Å². The fourth-order valence-electron chi connectivity index (χ4n) is 6.31. The van der Waals surface area contributed by atoms with Crippen molar-refractivity contribution in [3.8, 4) is 0 Å². The lowest BCUT2D eigenvalue weighted by molar-refractivity contribution is -0.138. The van der Waals surface area contributed by atoms with Gasteiger partial charge in [-0.25, -0.2) is 4.79 Å². The molecular weight excluding hydrogens is 452 g/mol. The van der Waals surface area contributed by atoms with Gasteiger partial charge < -0.3 is 33.5 Å². The molecule has 4 heterocycles. The minimum absolute atomic E-state index is 0.0115. The van der Waals surface area contributed by atoms with Crippen LogP contribution in [0.4, 0.5) is 4.79 Å². The Balaban J connectivity index is 1.15. The average molecular weight is 493 g/mol. The monoisotopic (exact) mass is 492 g/mol. The van der Waals surface area contributed by atoms with Crippen LogP contribution >= 0.6 is 0 Å². The highest BCUT2D eigenvalue weighted by molar-refractivity contribution is 5.77. The molecule has 9 nitrogen and oxygen atoms in total. The molecular formula is C26H40N2O7. The van der Waals surface area contributed by atoms with Crippen LogP contribution in [0, 0.1) is 11.8 Å². The van der Waals surface area contributed by atoms with E-state index in [4.69, 9.17) is 23.7 Å². The summed E-state index contributed by atoms with van der Waals surface area (Å²) in [5, 5.41) is 0. The first-order valence-electron chi connectivity index (χ1n) is 13.0. The van der Waals surface area contributed by atoms with E-state index in [0.717, 1.165) is 12.8 Å². The van der Waals surface area contributed by atoms with Crippen molar-refractivity contribution < 1.29 is 33.3 Å². The van der Waals surface area contributed by atoms with Crippen LogP contribution in [-0.4, -0.2) is 104 Å². The number of morpholine rings is 1. The average Bonchev–Trinajstić information content (AvgIpc) is 3.73. The Morgan fingerprint density at radius 3 is 2.49 bits per heavy atom. The number of likely N-dealkylation sites (tertiary alicyclic amines) is 1. The zero-order chi connectivity index (χ0) is 24.8. The third kappa shape index (κ3) is 4.97. The van der Waals surface area contributed by atoms with Crippen LogP contribution in [0.3, 0.4) is 0 Å². The van der Waals surface area contributed by atoms with Crippen molar-refractivity contribution >= 4 is 12.0 Å². The molecule has 1 aliphatic carbocycles. The predicted octanol–water partition coefficient (Wildman–Crippen LogP) is 2.38. The Kier molecular flexibility index (Phi) is 6.89. The van der Waals surface area contributed by atoms with Crippen molar-refractivity contribution in [1.29, 1.82) is 0 Å². The van der Waals surface area contributed by atoms with Gasteiger partial charge in [-0.05, 0) is 40.0 Å². The van der Waals surface area contributed by atoms with Crippen molar-refractivity contribution in [2.24, 2.45) is 11.8 Å². The summed E-state index contributed by atoms with van der Waals surface area (Å²) in [7, 11) is 1.69. The first-order chi connectivity index (χ1) is 16.8. The quantitative estimate of drug-likeness (QED) is 0.398. The van der Waals surface area contributed by atoms with Gasteiger partial charge in [0.05, 0.1) is 31.8 Å². The highest BCUT2D eigenvalue weighted by atomic mass is 16.6. The zero-order valence-electron chi connectivity index (χ0n) is 21.5. The Hall–Kier alpha value is -1.68. The molecule has 0 N–H and O–H groups in total. The largest absolute Gasteiger partial charge is 0.443 e. The molecule has 4 saturated heterocycles. The number of amides is 2. The van der Waals surface area contributed by atoms with E-state index < -0.39 is 0 Å². The van der Waals surface area contributed by atoms with E-state index in [-0.39, 0.29) is 53.4 Å². The third-order valence-corrected chi connectivity index (χ3v) is 8.53. The lowest BCUT2D eigenvalue weighted by Gasteiger charge is -2.44. The number of nitrogens with zero attached hydrogens (tertiary/aromatic N) is 2. The standard InChI is InChI=1S/C26H40N2O7/c1-17(2)5-6-20-25(3,35-20)23-22(31-4)19(7-8-26(23)16-33-26)34-24(30)28-14-18(15-28)13-21(29)27-9-11-32-12-10-27/h5,18-20,22-23H,6-16H2,1-4H3/t19-,20-,22-,23?,25+,26+/m1/s1. The van der Waals surface area contributed by atoms with Crippen LogP contribution in [0.25, 0.3) is 0 Å². The molecule has 196 valence electrons. The van der Waals surface area contributed by atoms with Gasteiger partial charge in [0.25, 0.3) is 0 Å². The van der Waals surface area contributed by atoms with Gasteiger partial charge in [-0.2, -0.15) is 0 Å². The number of methoxy groups -OCH3 is 1. The van der Waals surface area contributed by atoms with Gasteiger partial charge >= 0.3 is 6.09 Å². The van der Waals surface area contributed by atoms with E-state index in [2.05, 4.69) is 26.8 Å². The fraction of sp³-hybridized carbons (Fsp3) is 0.846. The highest BCUT2D eigenvalue weighted by Gasteiger charge is 2.72. The summed E-state index contributed by atoms with van der Waals surface area (Å²) in [6.45, 7) is 10.7. The van der Waals surface area contributed by atoms with Gasteiger partial charge in [-0.15, -0.1) is 0 Å². The molecule has 5 fully saturated rings. The second-order valence-corrected chi connectivity index (χ2v) is 11.3. The number of allylic oxidation sites excluding steroid dienone is 1. The third-order valence-electron chi connectivity index (χ3n) is 8.53. The van der Waals surface area contributed by atoms with Gasteiger partial charge in [0.15, 0.2) is 0 Å². The van der Waals surface area contributed by atoms with Crippen LogP contribution in [0.15, 0.2) is 11.6 Å². The normalized spacial score (nSPS) is 38.6. The number of epoxide rings is 2. The lowest BCUT2D eigenvalue weighted by Crippen LogP contribution is -2.58. The van der Waals surface area contributed by atoms with Crippen molar-refractivity contribution in [2.45, 2.75) is 76.0 Å². The molecule has 1 unspecified atom stereocenters. The molecule has 0 radical (unpaired) electrons. The molecule has 1 spiro atoms. The molecule has 1 saturated carbocycles. The van der Waals surface area contributed by atoms with Gasteiger partial charge in [0, 0.05) is 45.6 Å². The molecule has 5 rings (SSSR count). The topological polar surface area (TPSA) is 93.4 Å². The van der Waals surface area contributed by atoms with Gasteiger partial charge in [-0.3, -0.25) is 4.79 Å². The van der Waals surface area contributed by atoms with Gasteiger partial charge in [-0.1, -0.05) is 11.6 Å². The van der Waals surface area contributed by atoms with E-state index in [0.29, 0.717) is 58.8 Å². The molecule has 0 bridgehead atoms. The van der Waals surface area contributed by atoms with Crippen molar-refractivity contribution in [2.75, 3.05) is 53.1 Å². The first kappa shape index (κ1) is 25.0. The maximum Gasteiger partial charge on any atom is 0.410 e. The molecule has 5 aliphatic rings. The van der Waals surface area contributed by atoms with Crippen LogP contribution in [-0.2, 0) is 28.5 Å². The summed E-state index contributed by atoms with van der Waals surface area (Å²) >= 11 is 0.